The lowest BCUT2D eigenvalue weighted by Gasteiger charge is -2.16. The third-order valence-corrected chi connectivity index (χ3v) is 4.05. The summed E-state index contributed by atoms with van der Waals surface area (Å²) in [6.07, 6.45) is 1.98. The van der Waals surface area contributed by atoms with E-state index in [0.29, 0.717) is 17.7 Å². The van der Waals surface area contributed by atoms with Crippen molar-refractivity contribution in [2.75, 3.05) is 0 Å². The number of aldehydes is 1. The lowest BCUT2D eigenvalue weighted by Crippen LogP contribution is -2.24. The van der Waals surface area contributed by atoms with E-state index in [4.69, 9.17) is 4.74 Å². The van der Waals surface area contributed by atoms with Crippen LogP contribution in [-0.2, 0) is 16.3 Å². The molecule has 0 amide bonds. The third-order valence-electron chi connectivity index (χ3n) is 4.05. The van der Waals surface area contributed by atoms with Crippen molar-refractivity contribution in [2.24, 2.45) is 5.41 Å². The minimum Gasteiger partial charge on any atom is -0.442 e. The Bertz CT molecular complexity index is 1020. The average molecular weight is 381 g/mol. The topological polar surface area (TPSA) is 74.1 Å². The monoisotopic (exact) mass is 381 g/mol. The van der Waals surface area contributed by atoms with E-state index in [2.05, 4.69) is 10.1 Å². The van der Waals surface area contributed by atoms with Gasteiger partial charge in [-0.25, -0.2) is 14.1 Å². The first-order valence-electron chi connectivity index (χ1n) is 8.70. The van der Waals surface area contributed by atoms with Gasteiger partial charge in [-0.2, -0.15) is 0 Å². The Labute approximate surface area is 162 Å². The molecule has 0 aliphatic carbocycles. The largest absolute Gasteiger partial charge is 0.442 e. The molecule has 144 valence electrons. The van der Waals surface area contributed by atoms with Gasteiger partial charge in [-0.1, -0.05) is 24.3 Å². The SMILES string of the molecule is CC(C)(C)C(=O)OCn1cnc(-c2cccc(-c3ccc(F)c(C=O)c3)c2)n1. The standard InChI is InChI=1S/C21H20FN3O3/c1-21(2,3)20(27)28-13-25-12-23-19(24-25)16-6-4-5-14(9-16)15-7-8-18(22)17(10-15)11-26/h4-12H,13H2,1-3H3. The molecule has 0 radical (unpaired) electrons. The second-order valence-electron chi connectivity index (χ2n) is 7.35. The zero-order valence-electron chi connectivity index (χ0n) is 15.8. The molecule has 0 saturated heterocycles. The van der Waals surface area contributed by atoms with E-state index in [1.54, 1.807) is 26.8 Å². The van der Waals surface area contributed by atoms with Crippen molar-refractivity contribution in [2.45, 2.75) is 27.5 Å². The lowest BCUT2D eigenvalue weighted by atomic mass is 9.98. The molecule has 7 heteroatoms. The highest BCUT2D eigenvalue weighted by Gasteiger charge is 2.23. The smallest absolute Gasteiger partial charge is 0.313 e. The molecule has 0 aliphatic rings. The number of ether oxygens (including phenoxy) is 1. The second kappa shape index (κ2) is 7.72. The molecule has 3 rings (SSSR count). The van der Waals surface area contributed by atoms with Crippen molar-refractivity contribution in [1.82, 2.24) is 14.8 Å². The van der Waals surface area contributed by atoms with E-state index in [0.717, 1.165) is 11.1 Å². The van der Waals surface area contributed by atoms with Crippen LogP contribution in [0.4, 0.5) is 4.39 Å². The Morgan fingerprint density at radius 2 is 1.86 bits per heavy atom. The fourth-order valence-corrected chi connectivity index (χ4v) is 2.48. The lowest BCUT2D eigenvalue weighted by molar-refractivity contribution is -0.157. The Hall–Kier alpha value is -3.35. The van der Waals surface area contributed by atoms with Crippen LogP contribution in [0.3, 0.4) is 0 Å². The predicted molar refractivity (Wildman–Crippen MR) is 102 cm³/mol. The first-order valence-corrected chi connectivity index (χ1v) is 8.70. The maximum atomic E-state index is 13.5. The van der Waals surface area contributed by atoms with E-state index < -0.39 is 11.2 Å². The molecule has 3 aromatic rings. The molecule has 2 aromatic carbocycles. The summed E-state index contributed by atoms with van der Waals surface area (Å²) in [6, 6.07) is 11.8. The number of esters is 1. The van der Waals surface area contributed by atoms with Gasteiger partial charge in [-0.05, 0) is 50.1 Å². The predicted octanol–water partition coefficient (Wildman–Crippen LogP) is 4.11. The molecule has 1 aromatic heterocycles. The fourth-order valence-electron chi connectivity index (χ4n) is 2.48. The highest BCUT2D eigenvalue weighted by atomic mass is 19.1. The van der Waals surface area contributed by atoms with Crippen LogP contribution in [0.15, 0.2) is 48.8 Å². The maximum Gasteiger partial charge on any atom is 0.313 e. The normalized spacial score (nSPS) is 11.3. The van der Waals surface area contributed by atoms with Crippen molar-refractivity contribution in [3.8, 4) is 22.5 Å². The van der Waals surface area contributed by atoms with E-state index in [9.17, 15) is 14.0 Å². The highest BCUT2D eigenvalue weighted by molar-refractivity contribution is 5.80. The average Bonchev–Trinajstić information content (AvgIpc) is 3.15. The minimum atomic E-state index is -0.590. The molecule has 28 heavy (non-hydrogen) atoms. The number of hydrogen-bond acceptors (Lipinski definition) is 5. The number of carbonyl (C=O) groups excluding carboxylic acids is 2. The van der Waals surface area contributed by atoms with Gasteiger partial charge in [0.1, 0.15) is 12.1 Å². The molecular formula is C21H20FN3O3. The second-order valence-corrected chi connectivity index (χ2v) is 7.35. The molecule has 0 unspecified atom stereocenters. The van der Waals surface area contributed by atoms with Crippen LogP contribution in [0.1, 0.15) is 31.1 Å². The van der Waals surface area contributed by atoms with Crippen LogP contribution >= 0.6 is 0 Å². The fraction of sp³-hybridized carbons (Fsp3) is 0.238. The van der Waals surface area contributed by atoms with Gasteiger partial charge in [-0.3, -0.25) is 9.59 Å². The zero-order valence-corrected chi connectivity index (χ0v) is 15.8. The number of benzene rings is 2. The van der Waals surface area contributed by atoms with Crippen molar-refractivity contribution in [3.05, 3.63) is 60.2 Å². The van der Waals surface area contributed by atoms with Gasteiger partial charge in [0.25, 0.3) is 0 Å². The number of nitrogens with zero attached hydrogens (tertiary/aromatic N) is 3. The number of rotatable bonds is 5. The molecule has 0 spiro atoms. The van der Waals surface area contributed by atoms with Gasteiger partial charge in [0.2, 0.25) is 0 Å². The van der Waals surface area contributed by atoms with Crippen molar-refractivity contribution in [3.63, 3.8) is 0 Å². The summed E-state index contributed by atoms with van der Waals surface area (Å²) in [5, 5.41) is 4.33. The molecule has 0 bridgehead atoms. The summed E-state index contributed by atoms with van der Waals surface area (Å²) in [7, 11) is 0. The summed E-state index contributed by atoms with van der Waals surface area (Å²) >= 11 is 0. The van der Waals surface area contributed by atoms with Crippen LogP contribution < -0.4 is 0 Å². The molecule has 0 fully saturated rings. The summed E-state index contributed by atoms with van der Waals surface area (Å²) in [5.41, 5.74) is 1.68. The van der Waals surface area contributed by atoms with Crippen LogP contribution in [0, 0.1) is 11.2 Å². The first kappa shape index (κ1) is 19.4. The van der Waals surface area contributed by atoms with Crippen LogP contribution in [0.5, 0.6) is 0 Å². The van der Waals surface area contributed by atoms with Crippen LogP contribution in [0.2, 0.25) is 0 Å². The van der Waals surface area contributed by atoms with Crippen molar-refractivity contribution >= 4 is 12.3 Å². The number of aromatic nitrogens is 3. The highest BCUT2D eigenvalue weighted by Crippen LogP contribution is 2.26. The zero-order chi connectivity index (χ0) is 20.3. The van der Waals surface area contributed by atoms with Gasteiger partial charge in [0, 0.05) is 5.56 Å². The molecule has 0 N–H and O–H groups in total. The maximum absolute atomic E-state index is 13.5. The Kier molecular flexibility index (Phi) is 5.35. The Morgan fingerprint density at radius 1 is 1.14 bits per heavy atom. The van der Waals surface area contributed by atoms with Gasteiger partial charge in [0.05, 0.1) is 11.0 Å². The number of halogens is 1. The van der Waals surface area contributed by atoms with Crippen molar-refractivity contribution < 1.29 is 18.7 Å². The van der Waals surface area contributed by atoms with Crippen molar-refractivity contribution in [1.29, 1.82) is 0 Å². The van der Waals surface area contributed by atoms with E-state index in [1.165, 1.54) is 23.1 Å². The molecule has 0 atom stereocenters. The summed E-state index contributed by atoms with van der Waals surface area (Å²) in [4.78, 5) is 27.1. The number of carbonyl (C=O) groups is 2. The van der Waals surface area contributed by atoms with E-state index in [-0.39, 0.29) is 18.3 Å². The van der Waals surface area contributed by atoms with Gasteiger partial charge in [-0.15, -0.1) is 5.10 Å². The third kappa shape index (κ3) is 4.31. The Morgan fingerprint density at radius 3 is 2.57 bits per heavy atom. The summed E-state index contributed by atoms with van der Waals surface area (Å²) < 4.78 is 20.2. The molecule has 1 heterocycles. The Balaban J connectivity index is 1.80. The van der Waals surface area contributed by atoms with Crippen LogP contribution in [0.25, 0.3) is 22.5 Å². The molecule has 0 saturated carbocycles. The molecule has 0 aliphatic heterocycles. The van der Waals surface area contributed by atoms with Gasteiger partial charge >= 0.3 is 5.97 Å². The summed E-state index contributed by atoms with van der Waals surface area (Å²) in [5.74, 6) is -0.416. The minimum absolute atomic E-state index is 0.00553. The van der Waals surface area contributed by atoms with E-state index >= 15 is 0 Å². The summed E-state index contributed by atoms with van der Waals surface area (Å²) in [6.45, 7) is 5.31. The van der Waals surface area contributed by atoms with Crippen LogP contribution in [-0.4, -0.2) is 27.0 Å². The molecule has 6 nitrogen and oxygen atoms in total. The number of hydrogen-bond donors (Lipinski definition) is 0. The van der Waals surface area contributed by atoms with E-state index in [1.807, 2.05) is 24.3 Å². The first-order chi connectivity index (χ1) is 13.3. The van der Waals surface area contributed by atoms with Gasteiger partial charge < -0.3 is 4.74 Å². The molecular weight excluding hydrogens is 361 g/mol. The quantitative estimate of drug-likeness (QED) is 0.491. The van der Waals surface area contributed by atoms with Gasteiger partial charge in [0.15, 0.2) is 18.8 Å².